The Morgan fingerprint density at radius 2 is 2.46 bits per heavy atom. The fourth-order valence-electron chi connectivity index (χ4n) is 1.80. The molecule has 0 spiro atoms. The average molecular weight is 181 g/mol. The maximum Gasteiger partial charge on any atom is 0.0948 e. The van der Waals surface area contributed by atoms with Crippen molar-refractivity contribution < 1.29 is 4.84 Å². The van der Waals surface area contributed by atoms with E-state index in [1.165, 1.54) is 5.69 Å². The molecule has 0 saturated heterocycles. The van der Waals surface area contributed by atoms with Gasteiger partial charge in [0.2, 0.25) is 0 Å². The number of hydrogen-bond acceptors (Lipinski definition) is 3. The van der Waals surface area contributed by atoms with Crippen LogP contribution in [-0.2, 0) is 16.8 Å². The van der Waals surface area contributed by atoms with Crippen LogP contribution in [0.15, 0.2) is 12.5 Å². The number of hydrogen-bond donors (Lipinski definition) is 1. The average Bonchev–Trinajstić information content (AvgIpc) is 2.77. The summed E-state index contributed by atoms with van der Waals surface area (Å²) in [5.41, 5.74) is 1.43. The highest BCUT2D eigenvalue weighted by Gasteiger charge is 2.46. The molecule has 1 aromatic heterocycles. The van der Waals surface area contributed by atoms with Crippen LogP contribution in [0.1, 0.15) is 25.5 Å². The van der Waals surface area contributed by atoms with Gasteiger partial charge in [-0.3, -0.25) is 0 Å². The van der Waals surface area contributed by atoms with Crippen LogP contribution in [0.5, 0.6) is 0 Å². The zero-order valence-electron chi connectivity index (χ0n) is 7.86. The third kappa shape index (κ3) is 1.36. The number of aryl methyl sites for hydroxylation is 1. The Bertz CT molecular complexity index is 291. The first kappa shape index (κ1) is 8.72. The van der Waals surface area contributed by atoms with Crippen molar-refractivity contribution in [3.05, 3.63) is 18.2 Å². The number of rotatable bonds is 4. The highest BCUT2D eigenvalue weighted by atomic mass is 16.6. The van der Waals surface area contributed by atoms with Crippen molar-refractivity contribution in [3.63, 3.8) is 0 Å². The zero-order valence-corrected chi connectivity index (χ0v) is 7.86. The molecule has 0 aliphatic heterocycles. The molecule has 0 aromatic carbocycles. The summed E-state index contributed by atoms with van der Waals surface area (Å²) in [6.07, 6.45) is 6.12. The summed E-state index contributed by atoms with van der Waals surface area (Å²) in [7, 11) is 0. The van der Waals surface area contributed by atoms with Crippen LogP contribution in [0.2, 0.25) is 0 Å². The van der Waals surface area contributed by atoms with Crippen LogP contribution >= 0.6 is 0 Å². The van der Waals surface area contributed by atoms with E-state index in [0.29, 0.717) is 6.61 Å². The van der Waals surface area contributed by atoms with Gasteiger partial charge in [0.15, 0.2) is 0 Å². The minimum absolute atomic E-state index is 0.168. The smallest absolute Gasteiger partial charge is 0.0948 e. The molecule has 72 valence electrons. The van der Waals surface area contributed by atoms with Crippen molar-refractivity contribution in [1.82, 2.24) is 9.55 Å². The van der Waals surface area contributed by atoms with Gasteiger partial charge in [-0.15, -0.1) is 0 Å². The Labute approximate surface area is 77.7 Å². The molecular formula is C9H15N3O. The van der Waals surface area contributed by atoms with Gasteiger partial charge in [-0.1, -0.05) is 0 Å². The fourth-order valence-corrected chi connectivity index (χ4v) is 1.80. The van der Waals surface area contributed by atoms with Crippen LogP contribution in [0, 0.1) is 0 Å². The molecule has 0 amide bonds. The number of nitrogens with two attached hydrogens (primary N) is 1. The van der Waals surface area contributed by atoms with Gasteiger partial charge in [-0.05, 0) is 19.8 Å². The van der Waals surface area contributed by atoms with E-state index in [-0.39, 0.29) is 5.41 Å². The molecule has 1 heterocycles. The van der Waals surface area contributed by atoms with Gasteiger partial charge >= 0.3 is 0 Å². The molecular weight excluding hydrogens is 166 g/mol. The highest BCUT2D eigenvalue weighted by molar-refractivity contribution is 5.23. The second-order valence-electron chi connectivity index (χ2n) is 3.66. The lowest BCUT2D eigenvalue weighted by molar-refractivity contribution is 0.114. The molecule has 0 radical (unpaired) electrons. The molecule has 0 bridgehead atoms. The molecule has 4 nitrogen and oxygen atoms in total. The van der Waals surface area contributed by atoms with E-state index in [1.807, 2.05) is 12.5 Å². The summed E-state index contributed by atoms with van der Waals surface area (Å²) in [5.74, 6) is 5.12. The molecule has 2 rings (SSSR count). The Hall–Kier alpha value is -0.870. The monoisotopic (exact) mass is 181 g/mol. The summed E-state index contributed by atoms with van der Waals surface area (Å²) in [4.78, 5) is 8.90. The molecule has 1 saturated carbocycles. The number of nitrogens with zero attached hydrogens (tertiary/aromatic N) is 2. The summed E-state index contributed by atoms with van der Waals surface area (Å²) in [5, 5.41) is 0. The molecule has 0 unspecified atom stereocenters. The third-order valence-electron chi connectivity index (χ3n) is 2.81. The van der Waals surface area contributed by atoms with E-state index >= 15 is 0 Å². The topological polar surface area (TPSA) is 53.1 Å². The van der Waals surface area contributed by atoms with Gasteiger partial charge in [-0.2, -0.15) is 0 Å². The van der Waals surface area contributed by atoms with Gasteiger partial charge in [0, 0.05) is 23.9 Å². The minimum atomic E-state index is 0.168. The van der Waals surface area contributed by atoms with E-state index < -0.39 is 0 Å². The molecule has 2 N–H and O–H groups in total. The van der Waals surface area contributed by atoms with E-state index in [1.54, 1.807) is 0 Å². The van der Waals surface area contributed by atoms with Crippen molar-refractivity contribution in [1.29, 1.82) is 0 Å². The third-order valence-corrected chi connectivity index (χ3v) is 2.81. The van der Waals surface area contributed by atoms with Crippen molar-refractivity contribution in [3.8, 4) is 0 Å². The minimum Gasteiger partial charge on any atom is -0.334 e. The molecule has 0 atom stereocenters. The first-order valence-corrected chi connectivity index (χ1v) is 4.65. The van der Waals surface area contributed by atoms with Gasteiger partial charge in [0.05, 0.1) is 12.9 Å². The lowest BCUT2D eigenvalue weighted by atomic mass is 10.1. The maximum absolute atomic E-state index is 5.12. The van der Waals surface area contributed by atoms with Crippen LogP contribution in [-0.4, -0.2) is 16.2 Å². The van der Waals surface area contributed by atoms with Crippen molar-refractivity contribution in [2.24, 2.45) is 5.90 Å². The summed E-state index contributed by atoms with van der Waals surface area (Å²) >= 11 is 0. The SMILES string of the molecule is CCn1cncc1C1(CON)CC1. The predicted octanol–water partition coefficient (Wildman–Crippen LogP) is 0.825. The normalized spacial score (nSPS) is 18.9. The standard InChI is InChI=1S/C9H15N3O/c1-2-12-7-11-5-8(12)9(3-4-9)6-13-10/h5,7H,2-4,6,10H2,1H3. The molecule has 1 fully saturated rings. The lowest BCUT2D eigenvalue weighted by Crippen LogP contribution is -2.21. The van der Waals surface area contributed by atoms with Crippen molar-refractivity contribution >= 4 is 0 Å². The second kappa shape index (κ2) is 3.12. The lowest BCUT2D eigenvalue weighted by Gasteiger charge is -2.14. The Morgan fingerprint density at radius 3 is 3.00 bits per heavy atom. The molecule has 1 aliphatic carbocycles. The van der Waals surface area contributed by atoms with Crippen LogP contribution in [0.4, 0.5) is 0 Å². The van der Waals surface area contributed by atoms with Gasteiger partial charge in [-0.25, -0.2) is 10.9 Å². The van der Waals surface area contributed by atoms with Crippen molar-refractivity contribution in [2.45, 2.75) is 31.7 Å². The van der Waals surface area contributed by atoms with E-state index in [9.17, 15) is 0 Å². The number of imidazole rings is 1. The van der Waals surface area contributed by atoms with Gasteiger partial charge in [0.25, 0.3) is 0 Å². The van der Waals surface area contributed by atoms with Crippen molar-refractivity contribution in [2.75, 3.05) is 6.61 Å². The highest BCUT2D eigenvalue weighted by Crippen LogP contribution is 2.47. The van der Waals surface area contributed by atoms with E-state index in [0.717, 1.165) is 19.4 Å². The second-order valence-corrected chi connectivity index (χ2v) is 3.66. The Balaban J connectivity index is 2.24. The zero-order chi connectivity index (χ0) is 9.31. The first-order chi connectivity index (χ1) is 6.32. The first-order valence-electron chi connectivity index (χ1n) is 4.65. The molecule has 1 aromatic rings. The molecule has 1 aliphatic rings. The molecule has 4 heteroatoms. The fraction of sp³-hybridized carbons (Fsp3) is 0.667. The quantitative estimate of drug-likeness (QED) is 0.700. The van der Waals surface area contributed by atoms with Crippen LogP contribution in [0.25, 0.3) is 0 Å². The van der Waals surface area contributed by atoms with Gasteiger partial charge < -0.3 is 9.40 Å². The number of aromatic nitrogens is 2. The summed E-state index contributed by atoms with van der Waals surface area (Å²) in [6.45, 7) is 3.69. The predicted molar refractivity (Wildman–Crippen MR) is 49.0 cm³/mol. The molecule has 13 heavy (non-hydrogen) atoms. The maximum atomic E-state index is 5.12. The summed E-state index contributed by atoms with van der Waals surface area (Å²) < 4.78 is 2.16. The Kier molecular flexibility index (Phi) is 2.09. The Morgan fingerprint density at radius 1 is 1.69 bits per heavy atom. The summed E-state index contributed by atoms with van der Waals surface area (Å²) in [6, 6.07) is 0. The van der Waals surface area contributed by atoms with E-state index in [2.05, 4.69) is 16.5 Å². The largest absolute Gasteiger partial charge is 0.334 e. The van der Waals surface area contributed by atoms with Crippen LogP contribution in [0.3, 0.4) is 0 Å². The van der Waals surface area contributed by atoms with Crippen LogP contribution < -0.4 is 5.90 Å². The van der Waals surface area contributed by atoms with E-state index in [4.69, 9.17) is 10.7 Å². The van der Waals surface area contributed by atoms with Gasteiger partial charge in [0.1, 0.15) is 0 Å².